The van der Waals surface area contributed by atoms with Crippen molar-refractivity contribution in [3.05, 3.63) is 77.6 Å². The lowest BCUT2D eigenvalue weighted by atomic mass is 10.0. The predicted molar refractivity (Wildman–Crippen MR) is 119 cm³/mol. The minimum Gasteiger partial charge on any atom is -0.254 e. The van der Waals surface area contributed by atoms with E-state index in [1.807, 2.05) is 12.3 Å². The molecule has 0 saturated carbocycles. The number of aromatic nitrogens is 2. The maximum absolute atomic E-state index is 5.11. The monoisotopic (exact) mass is 367 g/mol. The summed E-state index contributed by atoms with van der Waals surface area (Å²) in [6.07, 6.45) is 4.61. The summed E-state index contributed by atoms with van der Waals surface area (Å²) < 4.78 is 0. The maximum atomic E-state index is 5.11. The number of para-hydroxylation sites is 1. The zero-order chi connectivity index (χ0) is 19.5. The molecule has 4 rings (SSSR count). The van der Waals surface area contributed by atoms with Crippen molar-refractivity contribution >= 4 is 33.2 Å². The highest BCUT2D eigenvalue weighted by Crippen LogP contribution is 2.28. The molecule has 0 bridgehead atoms. The van der Waals surface area contributed by atoms with Crippen molar-refractivity contribution in [3.63, 3.8) is 0 Å². The van der Waals surface area contributed by atoms with Gasteiger partial charge in [-0.05, 0) is 42.5 Å². The lowest BCUT2D eigenvalue weighted by Gasteiger charge is -2.12. The number of fused-ring (bicyclic) bond motifs is 3. The van der Waals surface area contributed by atoms with Crippen molar-refractivity contribution in [2.75, 3.05) is 0 Å². The van der Waals surface area contributed by atoms with E-state index in [-0.39, 0.29) is 0 Å². The van der Waals surface area contributed by atoms with Crippen molar-refractivity contribution in [1.29, 1.82) is 0 Å². The van der Waals surface area contributed by atoms with Crippen LogP contribution < -0.4 is 0 Å². The molecule has 0 radical (unpaired) electrons. The SMILES string of the molecule is CC/C(=N\c1c(CC)cccc1CC)c1ccc2ccc3cccnc3c2n1. The molecule has 0 fully saturated rings. The van der Waals surface area contributed by atoms with Crippen LogP contribution in [0, 0.1) is 0 Å². The third-order valence-corrected chi connectivity index (χ3v) is 5.27. The molecule has 0 saturated heterocycles. The average Bonchev–Trinajstić information content (AvgIpc) is 2.76. The molecule has 0 unspecified atom stereocenters. The molecule has 0 amide bonds. The van der Waals surface area contributed by atoms with Gasteiger partial charge in [0.05, 0.1) is 28.1 Å². The Labute approximate surface area is 166 Å². The predicted octanol–water partition coefficient (Wildman–Crippen LogP) is 6.44. The van der Waals surface area contributed by atoms with Crippen molar-refractivity contribution in [1.82, 2.24) is 9.97 Å². The highest BCUT2D eigenvalue weighted by molar-refractivity contribution is 6.06. The molecular weight excluding hydrogens is 342 g/mol. The van der Waals surface area contributed by atoms with Gasteiger partial charge in [0, 0.05) is 17.0 Å². The molecule has 3 nitrogen and oxygen atoms in total. The summed E-state index contributed by atoms with van der Waals surface area (Å²) in [5.41, 5.74) is 7.53. The summed E-state index contributed by atoms with van der Waals surface area (Å²) in [5.74, 6) is 0. The first-order valence-corrected chi connectivity index (χ1v) is 10.1. The summed E-state index contributed by atoms with van der Waals surface area (Å²) in [5, 5.41) is 2.22. The topological polar surface area (TPSA) is 38.1 Å². The number of rotatable bonds is 5. The zero-order valence-corrected chi connectivity index (χ0v) is 16.7. The van der Waals surface area contributed by atoms with Gasteiger partial charge in [-0.1, -0.05) is 63.2 Å². The third-order valence-electron chi connectivity index (χ3n) is 5.27. The van der Waals surface area contributed by atoms with E-state index in [1.54, 1.807) is 0 Å². The molecule has 3 heteroatoms. The lowest BCUT2D eigenvalue weighted by Crippen LogP contribution is -2.03. The van der Waals surface area contributed by atoms with Gasteiger partial charge >= 0.3 is 0 Å². The molecule has 0 aliphatic heterocycles. The standard InChI is InChI=1S/C25H25N3/c1-4-17-9-7-10-18(5-2)23(17)27-21(6-3)22-15-14-20-13-12-19-11-8-16-26-24(19)25(20)28-22/h7-16H,4-6H2,1-3H3/b27-21+. The molecule has 2 heterocycles. The number of aliphatic imine (C=N–C) groups is 1. The Kier molecular flexibility index (Phi) is 5.16. The Morgan fingerprint density at radius 3 is 2.14 bits per heavy atom. The average molecular weight is 367 g/mol. The van der Waals surface area contributed by atoms with E-state index in [2.05, 4.69) is 74.3 Å². The summed E-state index contributed by atoms with van der Waals surface area (Å²) in [4.78, 5) is 14.7. The van der Waals surface area contributed by atoms with Crippen LogP contribution in [-0.2, 0) is 12.8 Å². The molecule has 0 spiro atoms. The molecule has 0 aliphatic rings. The van der Waals surface area contributed by atoms with Gasteiger partial charge in [-0.2, -0.15) is 0 Å². The van der Waals surface area contributed by atoms with Crippen molar-refractivity contribution < 1.29 is 0 Å². The van der Waals surface area contributed by atoms with E-state index in [9.17, 15) is 0 Å². The van der Waals surface area contributed by atoms with Crippen LogP contribution in [-0.4, -0.2) is 15.7 Å². The van der Waals surface area contributed by atoms with Crippen molar-refractivity contribution in [2.24, 2.45) is 4.99 Å². The van der Waals surface area contributed by atoms with Crippen LogP contribution in [0.5, 0.6) is 0 Å². The highest BCUT2D eigenvalue weighted by atomic mass is 14.8. The fraction of sp³-hybridized carbons (Fsp3) is 0.240. The van der Waals surface area contributed by atoms with Gasteiger partial charge in [-0.15, -0.1) is 0 Å². The fourth-order valence-electron chi connectivity index (χ4n) is 3.70. The van der Waals surface area contributed by atoms with E-state index in [1.165, 1.54) is 11.1 Å². The number of hydrogen-bond donors (Lipinski definition) is 0. The zero-order valence-electron chi connectivity index (χ0n) is 16.7. The Morgan fingerprint density at radius 2 is 1.46 bits per heavy atom. The second-order valence-corrected chi connectivity index (χ2v) is 6.95. The van der Waals surface area contributed by atoms with Crippen LogP contribution in [0.3, 0.4) is 0 Å². The van der Waals surface area contributed by atoms with Crippen molar-refractivity contribution in [2.45, 2.75) is 40.0 Å². The van der Waals surface area contributed by atoms with Crippen LogP contribution in [0.1, 0.15) is 44.0 Å². The van der Waals surface area contributed by atoms with Gasteiger partial charge in [0.15, 0.2) is 0 Å². The van der Waals surface area contributed by atoms with Gasteiger partial charge in [0.2, 0.25) is 0 Å². The number of hydrogen-bond acceptors (Lipinski definition) is 3. The molecular formula is C25H25N3. The van der Waals surface area contributed by atoms with Gasteiger partial charge in [-0.3, -0.25) is 9.98 Å². The first-order chi connectivity index (χ1) is 13.7. The van der Waals surface area contributed by atoms with Crippen LogP contribution in [0.2, 0.25) is 0 Å². The fourth-order valence-corrected chi connectivity index (χ4v) is 3.70. The molecule has 0 atom stereocenters. The van der Waals surface area contributed by atoms with E-state index in [4.69, 9.17) is 9.98 Å². The molecule has 140 valence electrons. The molecule has 0 N–H and O–H groups in total. The van der Waals surface area contributed by atoms with Gasteiger partial charge in [-0.25, -0.2) is 4.98 Å². The van der Waals surface area contributed by atoms with Crippen LogP contribution >= 0.6 is 0 Å². The molecule has 4 aromatic rings. The molecule has 28 heavy (non-hydrogen) atoms. The van der Waals surface area contributed by atoms with E-state index in [0.717, 1.165) is 58.2 Å². The lowest BCUT2D eigenvalue weighted by molar-refractivity contribution is 1.07. The number of pyridine rings is 2. The summed E-state index contributed by atoms with van der Waals surface area (Å²) in [6, 6.07) is 19.0. The molecule has 0 aliphatic carbocycles. The van der Waals surface area contributed by atoms with Crippen molar-refractivity contribution in [3.8, 4) is 0 Å². The third kappa shape index (κ3) is 3.29. The maximum Gasteiger partial charge on any atom is 0.0972 e. The first kappa shape index (κ1) is 18.3. The smallest absolute Gasteiger partial charge is 0.0972 e. The Hall–Kier alpha value is -3.07. The largest absolute Gasteiger partial charge is 0.254 e. The van der Waals surface area contributed by atoms with E-state index >= 15 is 0 Å². The highest BCUT2D eigenvalue weighted by Gasteiger charge is 2.11. The van der Waals surface area contributed by atoms with E-state index in [0.29, 0.717) is 0 Å². The van der Waals surface area contributed by atoms with Crippen LogP contribution in [0.25, 0.3) is 21.8 Å². The number of aryl methyl sites for hydroxylation is 2. The number of nitrogens with zero attached hydrogens (tertiary/aromatic N) is 3. The Balaban J connectivity index is 1.90. The normalized spacial score (nSPS) is 12.0. The van der Waals surface area contributed by atoms with Gasteiger partial charge < -0.3 is 0 Å². The van der Waals surface area contributed by atoms with Gasteiger partial charge in [0.25, 0.3) is 0 Å². The summed E-state index contributed by atoms with van der Waals surface area (Å²) >= 11 is 0. The van der Waals surface area contributed by atoms with Crippen LogP contribution in [0.15, 0.2) is 65.8 Å². The summed E-state index contributed by atoms with van der Waals surface area (Å²) in [7, 11) is 0. The minimum atomic E-state index is 0.831. The minimum absolute atomic E-state index is 0.831. The Bertz CT molecular complexity index is 1150. The second kappa shape index (κ2) is 7.89. The quantitative estimate of drug-likeness (QED) is 0.301. The van der Waals surface area contributed by atoms with Gasteiger partial charge in [0.1, 0.15) is 0 Å². The first-order valence-electron chi connectivity index (χ1n) is 10.1. The molecule has 2 aromatic carbocycles. The van der Waals surface area contributed by atoms with Crippen LogP contribution in [0.4, 0.5) is 5.69 Å². The van der Waals surface area contributed by atoms with E-state index < -0.39 is 0 Å². The second-order valence-electron chi connectivity index (χ2n) is 6.95. The number of benzene rings is 2. The summed E-state index contributed by atoms with van der Waals surface area (Å²) in [6.45, 7) is 6.52. The Morgan fingerprint density at radius 1 is 0.786 bits per heavy atom. The molecule has 2 aromatic heterocycles.